The molecule has 1 aromatic carbocycles. The van der Waals surface area contributed by atoms with Gasteiger partial charge in [0.05, 0.1) is 24.1 Å². The van der Waals surface area contributed by atoms with Crippen molar-refractivity contribution in [2.75, 3.05) is 20.2 Å². The standard InChI is InChI=1S/C17H19F3N4O/c1-25-13-3-4-14(15(8-13)17(18,19)20)16-5-2-12(22-23-16)10-24-7-6-11(21)9-24/h2-5,8,11H,6-7,9-10,21H2,1H3. The maximum Gasteiger partial charge on any atom is 0.417 e. The number of benzene rings is 1. The average molecular weight is 352 g/mol. The molecule has 3 rings (SSSR count). The first-order valence-electron chi connectivity index (χ1n) is 7.93. The van der Waals surface area contributed by atoms with Crippen molar-refractivity contribution in [2.24, 2.45) is 5.73 Å². The summed E-state index contributed by atoms with van der Waals surface area (Å²) in [5.74, 6) is 0.144. The number of aromatic nitrogens is 2. The van der Waals surface area contributed by atoms with E-state index in [1.165, 1.54) is 19.2 Å². The predicted molar refractivity (Wildman–Crippen MR) is 86.9 cm³/mol. The van der Waals surface area contributed by atoms with Crippen LogP contribution in [0.1, 0.15) is 17.7 Å². The fourth-order valence-corrected chi connectivity index (χ4v) is 2.93. The van der Waals surface area contributed by atoms with Gasteiger partial charge in [0.2, 0.25) is 0 Å². The van der Waals surface area contributed by atoms with Crippen LogP contribution in [0, 0.1) is 0 Å². The van der Waals surface area contributed by atoms with Crippen molar-refractivity contribution in [3.8, 4) is 17.0 Å². The molecule has 1 aliphatic rings. The smallest absolute Gasteiger partial charge is 0.417 e. The highest BCUT2D eigenvalue weighted by Gasteiger charge is 2.34. The van der Waals surface area contributed by atoms with Crippen LogP contribution in [0.15, 0.2) is 30.3 Å². The highest BCUT2D eigenvalue weighted by molar-refractivity contribution is 5.65. The average Bonchev–Trinajstić information content (AvgIpc) is 2.99. The molecule has 5 nitrogen and oxygen atoms in total. The molecule has 0 amide bonds. The molecule has 0 radical (unpaired) electrons. The summed E-state index contributed by atoms with van der Waals surface area (Å²) in [5.41, 5.74) is 5.94. The number of methoxy groups -OCH3 is 1. The van der Waals surface area contributed by atoms with Gasteiger partial charge in [0.1, 0.15) is 5.75 Å². The van der Waals surface area contributed by atoms with E-state index in [1.807, 2.05) is 0 Å². The number of nitrogens with zero attached hydrogens (tertiary/aromatic N) is 3. The van der Waals surface area contributed by atoms with Crippen LogP contribution in [0.5, 0.6) is 5.75 Å². The lowest BCUT2D eigenvalue weighted by atomic mass is 10.0. The first-order valence-corrected chi connectivity index (χ1v) is 7.93. The zero-order valence-electron chi connectivity index (χ0n) is 13.8. The molecule has 8 heteroatoms. The molecule has 1 aromatic heterocycles. The Hall–Kier alpha value is -2.19. The summed E-state index contributed by atoms with van der Waals surface area (Å²) in [5, 5.41) is 8.07. The van der Waals surface area contributed by atoms with Crippen molar-refractivity contribution in [2.45, 2.75) is 25.2 Å². The summed E-state index contributed by atoms with van der Waals surface area (Å²) in [7, 11) is 1.33. The second kappa shape index (κ2) is 6.97. The van der Waals surface area contributed by atoms with Gasteiger partial charge in [-0.1, -0.05) is 0 Å². The molecule has 1 unspecified atom stereocenters. The van der Waals surface area contributed by atoms with E-state index >= 15 is 0 Å². The van der Waals surface area contributed by atoms with E-state index in [-0.39, 0.29) is 23.0 Å². The van der Waals surface area contributed by atoms with Crippen LogP contribution in [-0.4, -0.2) is 41.3 Å². The summed E-state index contributed by atoms with van der Waals surface area (Å²) in [6.45, 7) is 2.27. The van der Waals surface area contributed by atoms with E-state index < -0.39 is 11.7 Å². The molecule has 2 aromatic rings. The van der Waals surface area contributed by atoms with Gasteiger partial charge in [0.15, 0.2) is 0 Å². The molecule has 0 aliphatic carbocycles. The molecule has 0 bridgehead atoms. The summed E-state index contributed by atoms with van der Waals surface area (Å²) in [4.78, 5) is 2.16. The number of ether oxygens (including phenoxy) is 1. The van der Waals surface area contributed by atoms with E-state index in [4.69, 9.17) is 10.5 Å². The highest BCUT2D eigenvalue weighted by atomic mass is 19.4. The second-order valence-electron chi connectivity index (χ2n) is 6.10. The van der Waals surface area contributed by atoms with Gasteiger partial charge in [-0.25, -0.2) is 0 Å². The van der Waals surface area contributed by atoms with E-state index in [2.05, 4.69) is 15.1 Å². The summed E-state index contributed by atoms with van der Waals surface area (Å²) < 4.78 is 44.8. The monoisotopic (exact) mass is 352 g/mol. The fraction of sp³-hybridized carbons (Fsp3) is 0.412. The quantitative estimate of drug-likeness (QED) is 0.917. The Bertz CT molecular complexity index is 734. The fourth-order valence-electron chi connectivity index (χ4n) is 2.93. The van der Waals surface area contributed by atoms with Crippen molar-refractivity contribution >= 4 is 0 Å². The second-order valence-corrected chi connectivity index (χ2v) is 6.10. The van der Waals surface area contributed by atoms with Gasteiger partial charge in [-0.2, -0.15) is 23.4 Å². The molecule has 0 saturated carbocycles. The molecule has 1 atom stereocenters. The molecule has 25 heavy (non-hydrogen) atoms. The van der Waals surface area contributed by atoms with Crippen molar-refractivity contribution in [3.63, 3.8) is 0 Å². The molecule has 1 fully saturated rings. The van der Waals surface area contributed by atoms with Gasteiger partial charge in [-0.3, -0.25) is 4.90 Å². The third kappa shape index (κ3) is 4.08. The van der Waals surface area contributed by atoms with E-state index in [9.17, 15) is 13.2 Å². The van der Waals surface area contributed by atoms with Gasteiger partial charge >= 0.3 is 6.18 Å². The van der Waals surface area contributed by atoms with Crippen molar-refractivity contribution in [1.82, 2.24) is 15.1 Å². The van der Waals surface area contributed by atoms with Crippen molar-refractivity contribution < 1.29 is 17.9 Å². The normalized spacial score (nSPS) is 18.5. The Morgan fingerprint density at radius 1 is 1.24 bits per heavy atom. The van der Waals surface area contributed by atoms with Crippen molar-refractivity contribution in [3.05, 3.63) is 41.6 Å². The van der Waals surface area contributed by atoms with E-state index in [1.54, 1.807) is 12.1 Å². The van der Waals surface area contributed by atoms with Gasteiger partial charge < -0.3 is 10.5 Å². The first kappa shape index (κ1) is 17.6. The van der Waals surface area contributed by atoms with Gasteiger partial charge in [-0.15, -0.1) is 0 Å². The van der Waals surface area contributed by atoms with Crippen LogP contribution in [0.3, 0.4) is 0 Å². The number of nitrogens with two attached hydrogens (primary N) is 1. The number of hydrogen-bond acceptors (Lipinski definition) is 5. The topological polar surface area (TPSA) is 64.3 Å². The molecule has 2 heterocycles. The number of hydrogen-bond donors (Lipinski definition) is 1. The molecule has 0 spiro atoms. The minimum absolute atomic E-state index is 0.0180. The first-order chi connectivity index (χ1) is 11.9. The molecule has 1 aliphatic heterocycles. The van der Waals surface area contributed by atoms with Gasteiger partial charge in [0.25, 0.3) is 0 Å². The third-order valence-electron chi connectivity index (χ3n) is 4.22. The summed E-state index contributed by atoms with van der Waals surface area (Å²) >= 11 is 0. The summed E-state index contributed by atoms with van der Waals surface area (Å²) in [6.07, 6.45) is -3.57. The zero-order valence-corrected chi connectivity index (χ0v) is 13.8. The van der Waals surface area contributed by atoms with Crippen LogP contribution in [0.4, 0.5) is 13.2 Å². The van der Waals surface area contributed by atoms with Crippen LogP contribution < -0.4 is 10.5 Å². The number of likely N-dealkylation sites (tertiary alicyclic amines) is 1. The van der Waals surface area contributed by atoms with Gasteiger partial charge in [0, 0.05) is 31.2 Å². The Morgan fingerprint density at radius 3 is 2.60 bits per heavy atom. The Balaban J connectivity index is 1.84. The van der Waals surface area contributed by atoms with E-state index in [0.29, 0.717) is 12.2 Å². The maximum absolute atomic E-state index is 13.3. The van der Waals surface area contributed by atoms with Crippen LogP contribution in [0.25, 0.3) is 11.3 Å². The lowest BCUT2D eigenvalue weighted by molar-refractivity contribution is -0.137. The molecule has 134 valence electrons. The van der Waals surface area contributed by atoms with Crippen LogP contribution >= 0.6 is 0 Å². The maximum atomic E-state index is 13.3. The molecule has 2 N–H and O–H groups in total. The number of rotatable bonds is 4. The van der Waals surface area contributed by atoms with Gasteiger partial charge in [-0.05, 0) is 36.8 Å². The minimum atomic E-state index is -4.50. The lowest BCUT2D eigenvalue weighted by Gasteiger charge is -2.15. The molecular formula is C17H19F3N4O. The highest BCUT2D eigenvalue weighted by Crippen LogP contribution is 2.38. The summed E-state index contributed by atoms with van der Waals surface area (Å²) in [6, 6.07) is 7.24. The Kier molecular flexibility index (Phi) is 4.91. The third-order valence-corrected chi connectivity index (χ3v) is 4.22. The molecule has 1 saturated heterocycles. The van der Waals surface area contributed by atoms with Crippen LogP contribution in [0.2, 0.25) is 0 Å². The Morgan fingerprint density at radius 2 is 2.04 bits per heavy atom. The zero-order chi connectivity index (χ0) is 18.0. The number of alkyl halides is 3. The Labute approximate surface area is 143 Å². The molecular weight excluding hydrogens is 333 g/mol. The lowest BCUT2D eigenvalue weighted by Crippen LogP contribution is -2.26. The van der Waals surface area contributed by atoms with Crippen LogP contribution in [-0.2, 0) is 12.7 Å². The SMILES string of the molecule is COc1ccc(-c2ccc(CN3CCC(N)C3)nn2)c(C(F)(F)F)c1. The number of halogens is 3. The van der Waals surface area contributed by atoms with Crippen molar-refractivity contribution in [1.29, 1.82) is 0 Å². The largest absolute Gasteiger partial charge is 0.497 e. The minimum Gasteiger partial charge on any atom is -0.497 e. The van der Waals surface area contributed by atoms with E-state index in [0.717, 1.165) is 25.6 Å². The predicted octanol–water partition coefficient (Wildman–Crippen LogP) is 2.70.